The van der Waals surface area contributed by atoms with Crippen molar-refractivity contribution in [3.63, 3.8) is 0 Å². The highest BCUT2D eigenvalue weighted by atomic mass is 35.5. The highest BCUT2D eigenvalue weighted by molar-refractivity contribution is 7.19. The van der Waals surface area contributed by atoms with Gasteiger partial charge >= 0.3 is 0 Å². The molecule has 2 aromatic heterocycles. The minimum absolute atomic E-state index is 0.0818. The van der Waals surface area contributed by atoms with E-state index in [4.69, 9.17) is 27.3 Å². The molecule has 4 rings (SSSR count). The highest BCUT2D eigenvalue weighted by Gasteiger charge is 2.31. The number of hydrogen-bond donors (Lipinski definition) is 1. The average molecular weight is 349 g/mol. The lowest BCUT2D eigenvalue weighted by molar-refractivity contribution is -0.121. The Morgan fingerprint density at radius 1 is 1.35 bits per heavy atom. The molecule has 0 spiro atoms. The van der Waals surface area contributed by atoms with E-state index in [2.05, 4.69) is 4.90 Å². The van der Waals surface area contributed by atoms with Gasteiger partial charge in [-0.25, -0.2) is 9.97 Å². The molecule has 3 heterocycles. The van der Waals surface area contributed by atoms with Crippen LogP contribution in [0, 0.1) is 5.92 Å². The first-order chi connectivity index (χ1) is 11.1. The number of carbonyl (C=O) groups is 1. The van der Waals surface area contributed by atoms with Crippen LogP contribution in [0.25, 0.3) is 10.7 Å². The molecule has 23 heavy (non-hydrogen) atoms. The van der Waals surface area contributed by atoms with E-state index in [9.17, 15) is 4.79 Å². The van der Waals surface area contributed by atoms with Crippen molar-refractivity contribution < 1.29 is 4.79 Å². The molecular weight excluding hydrogens is 332 g/mol. The first-order valence-corrected chi connectivity index (χ1v) is 9.01. The Kier molecular flexibility index (Phi) is 3.73. The summed E-state index contributed by atoms with van der Waals surface area (Å²) in [6.07, 6.45) is 3.91. The van der Waals surface area contributed by atoms with Crippen LogP contribution < -0.4 is 10.6 Å². The quantitative estimate of drug-likeness (QED) is 0.925. The molecule has 1 fully saturated rings. The largest absolute Gasteiger partial charge is 0.369 e. The first kappa shape index (κ1) is 14.9. The molecule has 1 amide bonds. The summed E-state index contributed by atoms with van der Waals surface area (Å²) in [5.74, 6) is 1.42. The third-order valence-electron chi connectivity index (χ3n) is 4.60. The van der Waals surface area contributed by atoms with E-state index < -0.39 is 0 Å². The maximum Gasteiger partial charge on any atom is 0.222 e. The number of aromatic nitrogens is 2. The van der Waals surface area contributed by atoms with Crippen LogP contribution in [0.1, 0.15) is 24.1 Å². The number of nitrogens with zero attached hydrogens (tertiary/aromatic N) is 3. The number of thiophene rings is 1. The lowest BCUT2D eigenvalue weighted by Crippen LogP contribution is -2.28. The molecule has 1 atom stereocenters. The topological polar surface area (TPSA) is 72.1 Å². The fraction of sp³-hybridized carbons (Fsp3) is 0.438. The molecule has 5 nitrogen and oxygen atoms in total. The summed E-state index contributed by atoms with van der Waals surface area (Å²) in [5.41, 5.74) is 7.84. The van der Waals surface area contributed by atoms with E-state index in [-0.39, 0.29) is 11.8 Å². The van der Waals surface area contributed by atoms with Crippen molar-refractivity contribution in [2.75, 3.05) is 18.0 Å². The molecule has 1 aliphatic carbocycles. The zero-order valence-electron chi connectivity index (χ0n) is 12.6. The van der Waals surface area contributed by atoms with Crippen molar-refractivity contribution in [2.24, 2.45) is 11.7 Å². The number of primary amides is 1. The number of amides is 1. The van der Waals surface area contributed by atoms with Crippen molar-refractivity contribution >= 4 is 34.7 Å². The third kappa shape index (κ3) is 2.70. The first-order valence-electron chi connectivity index (χ1n) is 7.81. The number of carbonyl (C=O) groups excluding carboxylic acids is 1. The summed E-state index contributed by atoms with van der Waals surface area (Å²) in [6, 6.07) is 3.83. The smallest absolute Gasteiger partial charge is 0.222 e. The molecule has 0 saturated carbocycles. The van der Waals surface area contributed by atoms with Crippen molar-refractivity contribution in [1.29, 1.82) is 0 Å². The van der Waals surface area contributed by atoms with Crippen molar-refractivity contribution in [1.82, 2.24) is 9.97 Å². The van der Waals surface area contributed by atoms with Crippen LogP contribution in [-0.2, 0) is 17.6 Å². The van der Waals surface area contributed by atoms with Gasteiger partial charge in [-0.05, 0) is 37.8 Å². The summed E-state index contributed by atoms with van der Waals surface area (Å²) < 4.78 is 0.737. The maximum atomic E-state index is 11.5. The predicted octanol–water partition coefficient (Wildman–Crippen LogP) is 2.66. The molecule has 120 valence electrons. The van der Waals surface area contributed by atoms with E-state index in [0.717, 1.165) is 58.8 Å². The molecule has 1 saturated heterocycles. The number of aryl methyl sites for hydroxylation is 1. The molecule has 0 aromatic carbocycles. The Labute approximate surface area is 143 Å². The highest BCUT2D eigenvalue weighted by Crippen LogP contribution is 2.36. The lowest BCUT2D eigenvalue weighted by atomic mass is 10.1. The summed E-state index contributed by atoms with van der Waals surface area (Å²) in [7, 11) is 0. The minimum Gasteiger partial charge on any atom is -0.369 e. The number of anilines is 1. The van der Waals surface area contributed by atoms with Gasteiger partial charge in [0, 0.05) is 24.3 Å². The second kappa shape index (κ2) is 5.76. The standard InChI is InChI=1S/C16H17ClN4OS/c17-13-5-4-12(23-13)15-19-11-3-1-2-10(11)16(20-15)21-7-6-9(8-21)14(18)22/h4-5,9H,1-3,6-8H2,(H2,18,22). The second-order valence-corrected chi connectivity index (χ2v) is 7.80. The molecule has 2 aromatic rings. The fourth-order valence-corrected chi connectivity index (χ4v) is 4.38. The molecule has 2 aliphatic rings. The predicted molar refractivity (Wildman–Crippen MR) is 91.9 cm³/mol. The zero-order chi connectivity index (χ0) is 16.0. The van der Waals surface area contributed by atoms with Gasteiger partial charge in [0.15, 0.2) is 5.82 Å². The summed E-state index contributed by atoms with van der Waals surface area (Å²) in [4.78, 5) is 24.2. The van der Waals surface area contributed by atoms with Gasteiger partial charge in [0.05, 0.1) is 15.1 Å². The van der Waals surface area contributed by atoms with Crippen LogP contribution in [0.5, 0.6) is 0 Å². The van der Waals surface area contributed by atoms with Gasteiger partial charge in [0.25, 0.3) is 0 Å². The molecular formula is C16H17ClN4OS. The van der Waals surface area contributed by atoms with Crippen LogP contribution in [-0.4, -0.2) is 29.0 Å². The molecule has 7 heteroatoms. The van der Waals surface area contributed by atoms with Crippen LogP contribution in [0.15, 0.2) is 12.1 Å². The van der Waals surface area contributed by atoms with Gasteiger partial charge in [-0.3, -0.25) is 4.79 Å². The number of nitrogens with two attached hydrogens (primary N) is 1. The second-order valence-electron chi connectivity index (χ2n) is 6.09. The summed E-state index contributed by atoms with van der Waals surface area (Å²) in [5, 5.41) is 0. The number of fused-ring (bicyclic) bond motifs is 1. The van der Waals surface area contributed by atoms with Crippen LogP contribution in [0.4, 0.5) is 5.82 Å². The van der Waals surface area contributed by atoms with Crippen LogP contribution >= 0.6 is 22.9 Å². The van der Waals surface area contributed by atoms with Gasteiger partial charge in [-0.1, -0.05) is 11.6 Å². The number of halogens is 1. The van der Waals surface area contributed by atoms with Crippen molar-refractivity contribution in [3.05, 3.63) is 27.7 Å². The normalized spacial score (nSPS) is 20.0. The fourth-order valence-electron chi connectivity index (χ4n) is 3.40. The van der Waals surface area contributed by atoms with E-state index in [0.29, 0.717) is 6.54 Å². The average Bonchev–Trinajstić information content (AvgIpc) is 3.25. The Morgan fingerprint density at radius 2 is 2.22 bits per heavy atom. The van der Waals surface area contributed by atoms with Gasteiger partial charge in [-0.15, -0.1) is 11.3 Å². The Hall–Kier alpha value is -1.66. The zero-order valence-corrected chi connectivity index (χ0v) is 14.2. The molecule has 1 aliphatic heterocycles. The Balaban J connectivity index is 1.74. The van der Waals surface area contributed by atoms with Gasteiger partial charge in [0.1, 0.15) is 5.82 Å². The van der Waals surface area contributed by atoms with Crippen LogP contribution in [0.2, 0.25) is 4.34 Å². The monoisotopic (exact) mass is 348 g/mol. The van der Waals surface area contributed by atoms with Gasteiger partial charge in [-0.2, -0.15) is 0 Å². The summed E-state index contributed by atoms with van der Waals surface area (Å²) in [6.45, 7) is 1.48. The summed E-state index contributed by atoms with van der Waals surface area (Å²) >= 11 is 7.54. The molecule has 2 N–H and O–H groups in total. The molecule has 0 radical (unpaired) electrons. The van der Waals surface area contributed by atoms with E-state index >= 15 is 0 Å². The lowest BCUT2D eigenvalue weighted by Gasteiger charge is -2.20. The Morgan fingerprint density at radius 3 is 2.91 bits per heavy atom. The minimum atomic E-state index is -0.219. The SMILES string of the molecule is NC(=O)C1CCN(c2nc(-c3ccc(Cl)s3)nc3c2CCC3)C1. The van der Waals surface area contributed by atoms with Gasteiger partial charge < -0.3 is 10.6 Å². The maximum absolute atomic E-state index is 11.5. The van der Waals surface area contributed by atoms with E-state index in [1.165, 1.54) is 16.9 Å². The molecule has 1 unspecified atom stereocenters. The van der Waals surface area contributed by atoms with E-state index in [1.54, 1.807) is 0 Å². The van der Waals surface area contributed by atoms with Gasteiger partial charge in [0.2, 0.25) is 5.91 Å². The third-order valence-corrected chi connectivity index (χ3v) is 5.82. The number of hydrogen-bond acceptors (Lipinski definition) is 5. The van der Waals surface area contributed by atoms with Crippen molar-refractivity contribution in [2.45, 2.75) is 25.7 Å². The van der Waals surface area contributed by atoms with E-state index in [1.807, 2.05) is 12.1 Å². The number of rotatable bonds is 3. The Bertz CT molecular complexity index is 775. The molecule has 0 bridgehead atoms. The van der Waals surface area contributed by atoms with Crippen LogP contribution in [0.3, 0.4) is 0 Å². The van der Waals surface area contributed by atoms with Crippen molar-refractivity contribution in [3.8, 4) is 10.7 Å².